The molecule has 2 aromatic carbocycles. The zero-order valence-electron chi connectivity index (χ0n) is 14.9. The molecule has 7 heteroatoms. The van der Waals surface area contributed by atoms with Crippen LogP contribution in [0, 0.1) is 5.82 Å². The number of carbonyl (C=O) groups is 1. The maximum Gasteiger partial charge on any atom is 0.277 e. The van der Waals surface area contributed by atoms with Gasteiger partial charge in [0.1, 0.15) is 5.82 Å². The van der Waals surface area contributed by atoms with Crippen LogP contribution in [0.3, 0.4) is 0 Å². The lowest BCUT2D eigenvalue weighted by molar-refractivity contribution is -0.119. The quantitative estimate of drug-likeness (QED) is 0.573. The van der Waals surface area contributed by atoms with E-state index in [9.17, 15) is 9.18 Å². The monoisotopic (exact) mass is 385 g/mol. The molecule has 3 aromatic rings. The van der Waals surface area contributed by atoms with E-state index in [1.54, 1.807) is 18.2 Å². The standard InChI is InChI=1S/C20H20FN3O2S/c1-2-8-17(14-9-4-3-5-10-14)22-18(25)13-27-20-24-23-19(26-20)15-11-6-7-12-16(15)21/h3-7,9-12,17H,2,8,13H2,1H3,(H,22,25)/t17-/m1/s1. The average Bonchev–Trinajstić information content (AvgIpc) is 3.16. The summed E-state index contributed by atoms with van der Waals surface area (Å²) in [5, 5.41) is 11.0. The minimum absolute atomic E-state index is 0.0269. The normalized spacial score (nSPS) is 11.9. The Morgan fingerprint density at radius 3 is 2.63 bits per heavy atom. The number of hydrogen-bond acceptors (Lipinski definition) is 5. The fourth-order valence-electron chi connectivity index (χ4n) is 2.67. The van der Waals surface area contributed by atoms with Crippen LogP contribution in [0.15, 0.2) is 64.2 Å². The number of amides is 1. The van der Waals surface area contributed by atoms with Crippen LogP contribution in [0.1, 0.15) is 31.4 Å². The van der Waals surface area contributed by atoms with Gasteiger partial charge < -0.3 is 9.73 Å². The van der Waals surface area contributed by atoms with Gasteiger partial charge in [0.2, 0.25) is 5.91 Å². The van der Waals surface area contributed by atoms with Gasteiger partial charge in [-0.3, -0.25) is 4.79 Å². The summed E-state index contributed by atoms with van der Waals surface area (Å²) in [5.41, 5.74) is 1.32. The fraction of sp³-hybridized carbons (Fsp3) is 0.250. The number of benzene rings is 2. The molecule has 1 N–H and O–H groups in total. The molecule has 0 aliphatic carbocycles. The van der Waals surface area contributed by atoms with Gasteiger partial charge in [-0.25, -0.2) is 4.39 Å². The number of hydrogen-bond donors (Lipinski definition) is 1. The van der Waals surface area contributed by atoms with E-state index < -0.39 is 5.82 Å². The van der Waals surface area contributed by atoms with Gasteiger partial charge in [0.05, 0.1) is 17.4 Å². The topological polar surface area (TPSA) is 68.0 Å². The lowest BCUT2D eigenvalue weighted by atomic mass is 10.0. The van der Waals surface area contributed by atoms with E-state index in [-0.39, 0.29) is 34.4 Å². The Kier molecular flexibility index (Phi) is 6.59. The number of rotatable bonds is 8. The molecular weight excluding hydrogens is 365 g/mol. The Balaban J connectivity index is 1.58. The molecule has 1 amide bonds. The highest BCUT2D eigenvalue weighted by Crippen LogP contribution is 2.25. The molecule has 0 fully saturated rings. The van der Waals surface area contributed by atoms with Crippen molar-refractivity contribution in [2.75, 3.05) is 5.75 Å². The van der Waals surface area contributed by atoms with Gasteiger partial charge in [0.15, 0.2) is 0 Å². The second-order valence-corrected chi connectivity index (χ2v) is 6.89. The third-order valence-corrected chi connectivity index (χ3v) is 4.77. The minimum Gasteiger partial charge on any atom is -0.411 e. The fourth-order valence-corrected chi connectivity index (χ4v) is 3.25. The molecule has 1 heterocycles. The Morgan fingerprint density at radius 1 is 1.15 bits per heavy atom. The van der Waals surface area contributed by atoms with Crippen LogP contribution in [-0.2, 0) is 4.79 Å². The molecule has 0 aliphatic heterocycles. The second-order valence-electron chi connectivity index (χ2n) is 5.96. The third-order valence-electron chi connectivity index (χ3n) is 3.95. The average molecular weight is 385 g/mol. The molecule has 0 spiro atoms. The maximum absolute atomic E-state index is 13.8. The smallest absolute Gasteiger partial charge is 0.277 e. The van der Waals surface area contributed by atoms with Crippen LogP contribution in [0.4, 0.5) is 4.39 Å². The molecule has 0 bridgehead atoms. The lowest BCUT2D eigenvalue weighted by Crippen LogP contribution is -2.29. The van der Waals surface area contributed by atoms with Crippen molar-refractivity contribution in [2.24, 2.45) is 0 Å². The first-order valence-electron chi connectivity index (χ1n) is 8.73. The summed E-state index contributed by atoms with van der Waals surface area (Å²) < 4.78 is 19.2. The maximum atomic E-state index is 13.8. The molecule has 5 nitrogen and oxygen atoms in total. The zero-order chi connectivity index (χ0) is 19.1. The van der Waals surface area contributed by atoms with Crippen molar-refractivity contribution in [3.05, 3.63) is 66.0 Å². The number of aromatic nitrogens is 2. The first kappa shape index (κ1) is 19.1. The van der Waals surface area contributed by atoms with E-state index in [1.165, 1.54) is 6.07 Å². The highest BCUT2D eigenvalue weighted by Gasteiger charge is 2.16. The molecule has 0 radical (unpaired) electrons. The number of nitrogens with zero attached hydrogens (tertiary/aromatic N) is 2. The number of halogens is 1. The van der Waals surface area contributed by atoms with Gasteiger partial charge in [0, 0.05) is 0 Å². The Bertz CT molecular complexity index is 886. The van der Waals surface area contributed by atoms with Crippen LogP contribution < -0.4 is 5.32 Å². The second kappa shape index (κ2) is 9.32. The molecular formula is C20H20FN3O2S. The zero-order valence-corrected chi connectivity index (χ0v) is 15.7. The van der Waals surface area contributed by atoms with Crippen LogP contribution in [0.5, 0.6) is 0 Å². The summed E-state index contributed by atoms with van der Waals surface area (Å²) in [4.78, 5) is 12.3. The van der Waals surface area contributed by atoms with Crippen molar-refractivity contribution >= 4 is 17.7 Å². The number of thioether (sulfide) groups is 1. The van der Waals surface area contributed by atoms with Crippen LogP contribution in [-0.4, -0.2) is 21.9 Å². The molecule has 0 aliphatic rings. The molecule has 140 valence electrons. The first-order valence-corrected chi connectivity index (χ1v) is 9.71. The van der Waals surface area contributed by atoms with E-state index in [4.69, 9.17) is 4.42 Å². The van der Waals surface area contributed by atoms with Crippen molar-refractivity contribution in [1.29, 1.82) is 0 Å². The van der Waals surface area contributed by atoms with E-state index >= 15 is 0 Å². The lowest BCUT2D eigenvalue weighted by Gasteiger charge is -2.18. The molecule has 1 aromatic heterocycles. The highest BCUT2D eigenvalue weighted by atomic mass is 32.2. The van der Waals surface area contributed by atoms with Gasteiger partial charge in [0.25, 0.3) is 11.1 Å². The van der Waals surface area contributed by atoms with E-state index in [2.05, 4.69) is 22.4 Å². The Morgan fingerprint density at radius 2 is 1.89 bits per heavy atom. The number of nitrogens with one attached hydrogen (secondary N) is 1. The summed E-state index contributed by atoms with van der Waals surface area (Å²) >= 11 is 1.13. The first-order chi connectivity index (χ1) is 13.2. The largest absolute Gasteiger partial charge is 0.411 e. The molecule has 3 rings (SSSR count). The van der Waals surface area contributed by atoms with Crippen LogP contribution in [0.25, 0.3) is 11.5 Å². The van der Waals surface area contributed by atoms with Gasteiger partial charge in [-0.05, 0) is 24.1 Å². The molecule has 0 saturated carbocycles. The van der Waals surface area contributed by atoms with Crippen molar-refractivity contribution < 1.29 is 13.6 Å². The van der Waals surface area contributed by atoms with Gasteiger partial charge in [-0.1, -0.05) is 67.6 Å². The molecule has 0 saturated heterocycles. The SMILES string of the molecule is CCC[C@@H](NC(=O)CSc1nnc(-c2ccccc2F)o1)c1ccccc1. The van der Waals surface area contributed by atoms with Gasteiger partial charge in [-0.2, -0.15) is 0 Å². The summed E-state index contributed by atoms with van der Waals surface area (Å²) in [7, 11) is 0. The summed E-state index contributed by atoms with van der Waals surface area (Å²) in [6.07, 6.45) is 1.82. The van der Waals surface area contributed by atoms with E-state index in [1.807, 2.05) is 30.3 Å². The molecule has 1 atom stereocenters. The van der Waals surface area contributed by atoms with Gasteiger partial charge in [-0.15, -0.1) is 10.2 Å². The van der Waals surface area contributed by atoms with E-state index in [0.717, 1.165) is 30.2 Å². The molecule has 0 unspecified atom stereocenters. The third kappa shape index (κ3) is 5.17. The highest BCUT2D eigenvalue weighted by molar-refractivity contribution is 7.99. The predicted molar refractivity (Wildman–Crippen MR) is 103 cm³/mol. The Labute approximate surface area is 161 Å². The summed E-state index contributed by atoms with van der Waals surface area (Å²) in [6, 6.07) is 16.0. The van der Waals surface area contributed by atoms with Gasteiger partial charge >= 0.3 is 0 Å². The summed E-state index contributed by atoms with van der Waals surface area (Å²) in [6.45, 7) is 2.08. The Hall–Kier alpha value is -2.67. The van der Waals surface area contributed by atoms with Crippen molar-refractivity contribution in [3.63, 3.8) is 0 Å². The van der Waals surface area contributed by atoms with Crippen LogP contribution in [0.2, 0.25) is 0 Å². The predicted octanol–water partition coefficient (Wildman–Crippen LogP) is 4.63. The van der Waals surface area contributed by atoms with Crippen molar-refractivity contribution in [1.82, 2.24) is 15.5 Å². The molecule has 27 heavy (non-hydrogen) atoms. The van der Waals surface area contributed by atoms with Crippen molar-refractivity contribution in [3.8, 4) is 11.5 Å². The van der Waals surface area contributed by atoms with Crippen LogP contribution >= 0.6 is 11.8 Å². The summed E-state index contributed by atoms with van der Waals surface area (Å²) in [5.74, 6) is -0.302. The number of carbonyl (C=O) groups excluding carboxylic acids is 1. The van der Waals surface area contributed by atoms with Crippen molar-refractivity contribution in [2.45, 2.75) is 31.0 Å². The minimum atomic E-state index is -0.430. The van der Waals surface area contributed by atoms with E-state index in [0.29, 0.717) is 0 Å².